The number of benzene rings is 3. The Hall–Kier alpha value is -3.44. The van der Waals surface area contributed by atoms with Gasteiger partial charge in [0.15, 0.2) is 9.84 Å². The second-order valence-electron chi connectivity index (χ2n) is 12.4. The predicted molar refractivity (Wildman–Crippen MR) is 172 cm³/mol. The molecule has 2 aliphatic rings. The normalized spacial score (nSPS) is 20.8. The second kappa shape index (κ2) is 14.8. The Balaban J connectivity index is 1.02. The quantitative estimate of drug-likeness (QED) is 0.243. The number of amides is 1. The van der Waals surface area contributed by atoms with Gasteiger partial charge >= 0.3 is 0 Å². The molecule has 1 unspecified atom stereocenters. The summed E-state index contributed by atoms with van der Waals surface area (Å²) >= 11 is 0. The number of carbonyl (C=O) groups is 1. The van der Waals surface area contributed by atoms with Gasteiger partial charge < -0.3 is 30.3 Å². The van der Waals surface area contributed by atoms with Crippen molar-refractivity contribution < 1.29 is 33.3 Å². The van der Waals surface area contributed by atoms with Crippen LogP contribution in [0.3, 0.4) is 0 Å². The fourth-order valence-corrected chi connectivity index (χ4v) is 7.27. The number of nitrogens with one attached hydrogen (secondary N) is 1. The summed E-state index contributed by atoms with van der Waals surface area (Å²) in [4.78, 5) is 14.9. The molecule has 1 aliphatic heterocycles. The highest BCUT2D eigenvalue weighted by Gasteiger charge is 2.29. The molecule has 1 saturated carbocycles. The first-order chi connectivity index (χ1) is 21.6. The van der Waals surface area contributed by atoms with E-state index in [0.29, 0.717) is 31.1 Å². The highest BCUT2D eigenvalue weighted by molar-refractivity contribution is 7.90. The minimum Gasteiger partial charge on any atom is -0.507 e. The third-order valence-corrected chi connectivity index (χ3v) is 10.3. The van der Waals surface area contributed by atoms with Gasteiger partial charge in [-0.2, -0.15) is 0 Å². The molecule has 1 aliphatic carbocycles. The smallest absolute Gasteiger partial charge is 0.253 e. The standard InChI is InChI=1S/C35H44N2O7S/c1-45(42,43)33-21-31(15-16-32(33)39)44-23-30(38)22-36-29-13-11-25(12-14-29)24-7-9-28(10-8-24)35(41)37-19-17-27(18-20-37)34(40)26-5-3-2-4-6-26/h2-10,15-16,21,25,27,29-30,34,36,38-40H,11-14,17-20,22-23H2,1H3/t25?,29?,30-,34?/m0/s1. The first kappa shape index (κ1) is 32.9. The summed E-state index contributed by atoms with van der Waals surface area (Å²) in [6, 6.07) is 22.1. The summed E-state index contributed by atoms with van der Waals surface area (Å²) in [5.41, 5.74) is 2.88. The van der Waals surface area contributed by atoms with Gasteiger partial charge in [0, 0.05) is 43.6 Å². The molecule has 1 heterocycles. The van der Waals surface area contributed by atoms with Gasteiger partial charge in [-0.25, -0.2) is 8.42 Å². The van der Waals surface area contributed by atoms with Gasteiger partial charge in [-0.3, -0.25) is 4.79 Å². The van der Waals surface area contributed by atoms with Gasteiger partial charge in [-0.05, 0) is 85.8 Å². The number of aliphatic hydroxyl groups is 2. The molecule has 4 N–H and O–H groups in total. The summed E-state index contributed by atoms with van der Waals surface area (Å²) < 4.78 is 29.2. The van der Waals surface area contributed by atoms with Gasteiger partial charge in [0.1, 0.15) is 29.1 Å². The molecule has 2 atom stereocenters. The monoisotopic (exact) mass is 636 g/mol. The number of hydrogen-bond acceptors (Lipinski definition) is 8. The summed E-state index contributed by atoms with van der Waals surface area (Å²) in [6.07, 6.45) is 5.27. The lowest BCUT2D eigenvalue weighted by atomic mass is 9.81. The van der Waals surface area contributed by atoms with Crippen molar-refractivity contribution in [3.05, 3.63) is 89.5 Å². The van der Waals surface area contributed by atoms with E-state index in [2.05, 4.69) is 17.4 Å². The zero-order valence-electron chi connectivity index (χ0n) is 25.7. The topological polar surface area (TPSA) is 136 Å². The van der Waals surface area contributed by atoms with Crippen LogP contribution < -0.4 is 10.1 Å². The maximum Gasteiger partial charge on any atom is 0.253 e. The molecule has 0 spiro atoms. The number of sulfone groups is 1. The summed E-state index contributed by atoms with van der Waals surface area (Å²) in [6.45, 7) is 1.64. The number of rotatable bonds is 11. The Morgan fingerprint density at radius 3 is 2.24 bits per heavy atom. The maximum absolute atomic E-state index is 13.2. The maximum atomic E-state index is 13.2. The SMILES string of the molecule is CS(=O)(=O)c1cc(OC[C@@H](O)CNC2CCC(c3ccc(C(=O)N4CCC(C(O)c5ccccc5)CC4)cc3)CC2)ccc1O. The molecule has 0 bridgehead atoms. The van der Waals surface area contributed by atoms with E-state index in [1.54, 1.807) is 0 Å². The third-order valence-electron chi connectivity index (χ3n) is 9.19. The molecule has 1 amide bonds. The lowest BCUT2D eigenvalue weighted by molar-refractivity contribution is 0.0462. The predicted octanol–water partition coefficient (Wildman–Crippen LogP) is 4.44. The summed E-state index contributed by atoms with van der Waals surface area (Å²) in [7, 11) is -3.60. The van der Waals surface area contributed by atoms with Gasteiger partial charge in [0.25, 0.3) is 5.91 Å². The fourth-order valence-electron chi connectivity index (χ4n) is 6.49. The molecule has 0 radical (unpaired) electrons. The number of aliphatic hydroxyl groups excluding tert-OH is 2. The van der Waals surface area contributed by atoms with Gasteiger partial charge in [-0.1, -0.05) is 42.5 Å². The number of likely N-dealkylation sites (tertiary alicyclic amines) is 1. The van der Waals surface area contributed by atoms with Crippen molar-refractivity contribution >= 4 is 15.7 Å². The summed E-state index contributed by atoms with van der Waals surface area (Å²) in [5.74, 6) is 0.561. The van der Waals surface area contributed by atoms with E-state index in [0.717, 1.165) is 50.3 Å². The number of carbonyl (C=O) groups excluding carboxylic acids is 1. The molecule has 3 aromatic carbocycles. The molecule has 1 saturated heterocycles. The number of aromatic hydroxyl groups is 1. The Labute approximate surface area is 265 Å². The molecule has 5 rings (SSSR count). The molecule has 3 aromatic rings. The molecule has 0 aromatic heterocycles. The van der Waals surface area contributed by atoms with Crippen LogP contribution in [0.2, 0.25) is 0 Å². The van der Waals surface area contributed by atoms with E-state index in [9.17, 15) is 28.5 Å². The van der Waals surface area contributed by atoms with Crippen molar-refractivity contribution in [1.29, 1.82) is 0 Å². The zero-order chi connectivity index (χ0) is 32.0. The van der Waals surface area contributed by atoms with Gasteiger partial charge in [0.05, 0.1) is 6.10 Å². The van der Waals surface area contributed by atoms with Crippen LogP contribution in [0.15, 0.2) is 77.7 Å². The van der Waals surface area contributed by atoms with Gasteiger partial charge in [-0.15, -0.1) is 0 Å². The van der Waals surface area contributed by atoms with Crippen molar-refractivity contribution in [1.82, 2.24) is 10.2 Å². The van der Waals surface area contributed by atoms with Crippen LogP contribution in [0.5, 0.6) is 11.5 Å². The number of piperidine rings is 1. The van der Waals surface area contributed by atoms with E-state index in [4.69, 9.17) is 4.74 Å². The number of hydrogen-bond donors (Lipinski definition) is 4. The van der Waals surface area contributed by atoms with Gasteiger partial charge in [0.2, 0.25) is 0 Å². The van der Waals surface area contributed by atoms with E-state index >= 15 is 0 Å². The molecule has 10 heteroatoms. The Bertz CT molecular complexity index is 1520. The number of ether oxygens (including phenoxy) is 1. The van der Waals surface area contributed by atoms with Crippen LogP contribution in [-0.4, -0.2) is 79.2 Å². The van der Waals surface area contributed by atoms with Crippen LogP contribution >= 0.6 is 0 Å². The highest BCUT2D eigenvalue weighted by atomic mass is 32.2. The van der Waals surface area contributed by atoms with Crippen molar-refractivity contribution in [3.8, 4) is 11.5 Å². The van der Waals surface area contributed by atoms with Crippen molar-refractivity contribution in [2.24, 2.45) is 5.92 Å². The summed E-state index contributed by atoms with van der Waals surface area (Å²) in [5, 5.41) is 34.4. The first-order valence-corrected chi connectivity index (χ1v) is 17.7. The Morgan fingerprint density at radius 2 is 1.60 bits per heavy atom. The first-order valence-electron chi connectivity index (χ1n) is 15.8. The Kier molecular flexibility index (Phi) is 10.8. The molecule has 2 fully saturated rings. The van der Waals surface area contributed by atoms with Crippen LogP contribution in [0.1, 0.15) is 72.0 Å². The highest BCUT2D eigenvalue weighted by Crippen LogP contribution is 2.34. The molecule has 45 heavy (non-hydrogen) atoms. The average Bonchev–Trinajstić information content (AvgIpc) is 3.06. The fraction of sp³-hybridized carbons (Fsp3) is 0.457. The minimum atomic E-state index is -3.60. The number of nitrogens with zero attached hydrogens (tertiary/aromatic N) is 1. The lowest BCUT2D eigenvalue weighted by Gasteiger charge is -2.34. The lowest BCUT2D eigenvalue weighted by Crippen LogP contribution is -2.40. The van der Waals surface area contributed by atoms with Crippen LogP contribution in [0, 0.1) is 5.92 Å². The van der Waals surface area contributed by atoms with Crippen molar-refractivity contribution in [2.75, 3.05) is 32.5 Å². The second-order valence-corrected chi connectivity index (χ2v) is 14.4. The van der Waals surface area contributed by atoms with E-state index in [1.165, 1.54) is 23.8 Å². The molecular weight excluding hydrogens is 592 g/mol. The molecular formula is C35H44N2O7S. The average molecular weight is 637 g/mol. The largest absolute Gasteiger partial charge is 0.507 e. The van der Waals surface area contributed by atoms with Crippen LogP contribution in [0.25, 0.3) is 0 Å². The van der Waals surface area contributed by atoms with Crippen LogP contribution in [-0.2, 0) is 9.84 Å². The molecule has 9 nitrogen and oxygen atoms in total. The van der Waals surface area contributed by atoms with E-state index < -0.39 is 22.0 Å². The number of phenols is 1. The molecule has 242 valence electrons. The minimum absolute atomic E-state index is 0.00492. The Morgan fingerprint density at radius 1 is 0.933 bits per heavy atom. The van der Waals surface area contributed by atoms with E-state index in [-0.39, 0.29) is 40.9 Å². The van der Waals surface area contributed by atoms with Crippen LogP contribution in [0.4, 0.5) is 0 Å². The number of phenolic OH excluding ortho intramolecular Hbond substituents is 1. The van der Waals surface area contributed by atoms with Crippen molar-refractivity contribution in [3.63, 3.8) is 0 Å². The zero-order valence-corrected chi connectivity index (χ0v) is 26.5. The van der Waals surface area contributed by atoms with E-state index in [1.807, 2.05) is 47.4 Å². The van der Waals surface area contributed by atoms with Crippen molar-refractivity contribution in [2.45, 2.75) is 67.6 Å². The third kappa shape index (κ3) is 8.64.